The van der Waals surface area contributed by atoms with Gasteiger partial charge in [-0.05, 0) is 37.8 Å². The maximum absolute atomic E-state index is 11.8. The molecule has 34 heavy (non-hydrogen) atoms. The number of hydrogen-bond acceptors (Lipinski definition) is 6. The molecule has 0 radical (unpaired) electrons. The first-order chi connectivity index (χ1) is 16.0. The van der Waals surface area contributed by atoms with Crippen LogP contribution in [0.2, 0.25) is 5.02 Å². The van der Waals surface area contributed by atoms with E-state index >= 15 is 0 Å². The number of aromatic nitrogens is 4. The van der Waals surface area contributed by atoms with Crippen molar-refractivity contribution >= 4 is 46.9 Å². The zero-order chi connectivity index (χ0) is 22.9. The molecule has 0 spiro atoms. The molecule has 10 heteroatoms. The minimum absolute atomic E-state index is 0. The van der Waals surface area contributed by atoms with Crippen LogP contribution in [0.1, 0.15) is 25.6 Å². The molecule has 2 saturated heterocycles. The van der Waals surface area contributed by atoms with E-state index in [4.69, 9.17) is 31.3 Å². The number of ether oxygens (including phenoxy) is 1. The molecule has 182 valence electrons. The molecule has 1 amide bonds. The Bertz CT molecular complexity index is 1170. The van der Waals surface area contributed by atoms with Crippen LogP contribution in [0.5, 0.6) is 0 Å². The van der Waals surface area contributed by atoms with Crippen molar-refractivity contribution in [1.82, 2.24) is 24.4 Å². The van der Waals surface area contributed by atoms with Gasteiger partial charge in [0.2, 0.25) is 5.91 Å². The number of hydrogen-bond donors (Lipinski definition) is 0. The average molecular weight is 505 g/mol. The normalized spacial score (nSPS) is 17.1. The Labute approximate surface area is 210 Å². The lowest BCUT2D eigenvalue weighted by molar-refractivity contribution is -0.129. The summed E-state index contributed by atoms with van der Waals surface area (Å²) in [5.41, 5.74) is 2.53. The Morgan fingerprint density at radius 1 is 1.09 bits per heavy atom. The number of aryl methyl sites for hydroxylation is 1. The van der Waals surface area contributed by atoms with E-state index in [0.717, 1.165) is 74.1 Å². The number of piperazine rings is 1. The van der Waals surface area contributed by atoms with Crippen molar-refractivity contribution in [2.75, 3.05) is 44.3 Å². The Kier molecular flexibility index (Phi) is 7.60. The van der Waals surface area contributed by atoms with Gasteiger partial charge in [-0.2, -0.15) is 0 Å². The SMILES string of the molecule is CC(=O)N1CCN(c2nc(C)nc3c2nc(-c2ccccc2Cl)n3CC2CCOCC2)CC1.Cl. The molecule has 0 aliphatic carbocycles. The van der Waals surface area contributed by atoms with Gasteiger partial charge < -0.3 is 19.1 Å². The molecule has 2 aliphatic heterocycles. The van der Waals surface area contributed by atoms with Crippen LogP contribution in [0, 0.1) is 12.8 Å². The predicted octanol–water partition coefficient (Wildman–Crippen LogP) is 3.97. The largest absolute Gasteiger partial charge is 0.381 e. The van der Waals surface area contributed by atoms with Crippen LogP contribution in [-0.2, 0) is 16.1 Å². The molecule has 4 heterocycles. The van der Waals surface area contributed by atoms with Crippen molar-refractivity contribution in [3.05, 3.63) is 35.1 Å². The Morgan fingerprint density at radius 2 is 1.79 bits per heavy atom. The van der Waals surface area contributed by atoms with E-state index in [1.54, 1.807) is 6.92 Å². The van der Waals surface area contributed by atoms with Crippen molar-refractivity contribution in [1.29, 1.82) is 0 Å². The number of rotatable bonds is 4. The third-order valence-corrected chi connectivity index (χ3v) is 6.94. The summed E-state index contributed by atoms with van der Waals surface area (Å²) < 4.78 is 7.80. The number of halogens is 2. The van der Waals surface area contributed by atoms with Crippen LogP contribution in [0.15, 0.2) is 24.3 Å². The molecule has 8 nitrogen and oxygen atoms in total. The van der Waals surface area contributed by atoms with E-state index in [2.05, 4.69) is 9.47 Å². The lowest BCUT2D eigenvalue weighted by Gasteiger charge is -2.35. The van der Waals surface area contributed by atoms with E-state index in [-0.39, 0.29) is 18.3 Å². The van der Waals surface area contributed by atoms with Gasteiger partial charge in [0.25, 0.3) is 0 Å². The molecule has 2 fully saturated rings. The van der Waals surface area contributed by atoms with Crippen LogP contribution in [0.25, 0.3) is 22.6 Å². The molecule has 5 rings (SSSR count). The molecule has 0 N–H and O–H groups in total. The molecule has 0 unspecified atom stereocenters. The summed E-state index contributed by atoms with van der Waals surface area (Å²) >= 11 is 6.61. The van der Waals surface area contributed by atoms with Gasteiger partial charge in [0.05, 0.1) is 5.02 Å². The molecule has 2 aliphatic rings. The molecule has 2 aromatic heterocycles. The van der Waals surface area contributed by atoms with E-state index in [1.165, 1.54) is 0 Å². The van der Waals surface area contributed by atoms with Gasteiger partial charge in [0, 0.05) is 58.4 Å². The lowest BCUT2D eigenvalue weighted by Crippen LogP contribution is -2.48. The number of anilines is 1. The summed E-state index contributed by atoms with van der Waals surface area (Å²) in [6.07, 6.45) is 2.04. The first-order valence-corrected chi connectivity index (χ1v) is 12.0. The molecule has 0 atom stereocenters. The minimum Gasteiger partial charge on any atom is -0.381 e. The highest BCUT2D eigenvalue weighted by Crippen LogP contribution is 2.34. The van der Waals surface area contributed by atoms with Crippen LogP contribution in [-0.4, -0.2) is 69.7 Å². The smallest absolute Gasteiger partial charge is 0.219 e. The molecule has 0 bridgehead atoms. The average Bonchev–Trinajstić information content (AvgIpc) is 3.17. The zero-order valence-electron chi connectivity index (χ0n) is 19.5. The second kappa shape index (κ2) is 10.5. The molecule has 1 aromatic carbocycles. The first kappa shape index (κ1) is 24.7. The van der Waals surface area contributed by atoms with Gasteiger partial charge in [-0.15, -0.1) is 12.4 Å². The number of carbonyl (C=O) groups is 1. The summed E-state index contributed by atoms with van der Waals surface area (Å²) in [5.74, 6) is 2.98. The van der Waals surface area contributed by atoms with Crippen LogP contribution < -0.4 is 4.90 Å². The van der Waals surface area contributed by atoms with Gasteiger partial charge in [-0.25, -0.2) is 15.0 Å². The maximum atomic E-state index is 11.8. The maximum Gasteiger partial charge on any atom is 0.219 e. The number of fused-ring (bicyclic) bond motifs is 1. The van der Waals surface area contributed by atoms with Gasteiger partial charge in [-0.1, -0.05) is 23.7 Å². The second-order valence-corrected chi connectivity index (χ2v) is 9.25. The van der Waals surface area contributed by atoms with Gasteiger partial charge in [0.1, 0.15) is 11.6 Å². The highest BCUT2D eigenvalue weighted by molar-refractivity contribution is 6.33. The highest BCUT2D eigenvalue weighted by Gasteiger charge is 2.27. The highest BCUT2D eigenvalue weighted by atomic mass is 35.5. The quantitative estimate of drug-likeness (QED) is 0.534. The minimum atomic E-state index is 0. The van der Waals surface area contributed by atoms with Crippen molar-refractivity contribution in [2.45, 2.75) is 33.2 Å². The summed E-state index contributed by atoms with van der Waals surface area (Å²) in [4.78, 5) is 30.6. The number of nitrogens with zero attached hydrogens (tertiary/aromatic N) is 6. The van der Waals surface area contributed by atoms with Crippen LogP contribution >= 0.6 is 24.0 Å². The fourth-order valence-electron chi connectivity index (χ4n) is 4.75. The van der Waals surface area contributed by atoms with Gasteiger partial charge in [0.15, 0.2) is 17.0 Å². The fourth-order valence-corrected chi connectivity index (χ4v) is 4.97. The molecular formula is C24H30Cl2N6O2. The molecule has 3 aromatic rings. The van der Waals surface area contributed by atoms with Crippen molar-refractivity contribution in [3.8, 4) is 11.4 Å². The number of carbonyl (C=O) groups excluding carboxylic acids is 1. The summed E-state index contributed by atoms with van der Waals surface area (Å²) in [7, 11) is 0. The number of benzene rings is 1. The van der Waals surface area contributed by atoms with E-state index in [9.17, 15) is 4.79 Å². The standard InChI is InChI=1S/C24H29ClN6O2.ClH/c1-16-26-23(30-11-9-29(10-12-30)17(2)32)21-24(27-16)31(15-18-7-13-33-14-8-18)22(28-21)19-5-3-4-6-20(19)25;/h3-6,18H,7-15H2,1-2H3;1H. The van der Waals surface area contributed by atoms with E-state index < -0.39 is 0 Å². The van der Waals surface area contributed by atoms with Crippen molar-refractivity contribution in [2.24, 2.45) is 5.92 Å². The molecule has 0 saturated carbocycles. The third kappa shape index (κ3) is 4.85. The Balaban J connectivity index is 0.00000274. The second-order valence-electron chi connectivity index (χ2n) is 8.84. The van der Waals surface area contributed by atoms with Gasteiger partial charge >= 0.3 is 0 Å². The van der Waals surface area contributed by atoms with Gasteiger partial charge in [-0.3, -0.25) is 4.79 Å². The zero-order valence-corrected chi connectivity index (χ0v) is 21.1. The topological polar surface area (TPSA) is 76.4 Å². The Hall–Kier alpha value is -2.42. The number of amides is 1. The fraction of sp³-hybridized carbons (Fsp3) is 0.500. The Morgan fingerprint density at radius 3 is 2.47 bits per heavy atom. The third-order valence-electron chi connectivity index (χ3n) is 6.61. The lowest BCUT2D eigenvalue weighted by atomic mass is 10.00. The van der Waals surface area contributed by atoms with Crippen LogP contribution in [0.3, 0.4) is 0 Å². The first-order valence-electron chi connectivity index (χ1n) is 11.6. The monoisotopic (exact) mass is 504 g/mol. The predicted molar refractivity (Wildman–Crippen MR) is 136 cm³/mol. The number of imidazole rings is 1. The molecular weight excluding hydrogens is 475 g/mol. The van der Waals surface area contributed by atoms with Crippen molar-refractivity contribution < 1.29 is 9.53 Å². The van der Waals surface area contributed by atoms with E-state index in [0.29, 0.717) is 29.9 Å². The summed E-state index contributed by atoms with van der Waals surface area (Å²) in [6.45, 7) is 8.75. The van der Waals surface area contributed by atoms with E-state index in [1.807, 2.05) is 36.1 Å². The van der Waals surface area contributed by atoms with Crippen molar-refractivity contribution in [3.63, 3.8) is 0 Å². The summed E-state index contributed by atoms with van der Waals surface area (Å²) in [5, 5.41) is 0.669. The van der Waals surface area contributed by atoms with Crippen LogP contribution in [0.4, 0.5) is 5.82 Å². The summed E-state index contributed by atoms with van der Waals surface area (Å²) in [6, 6.07) is 7.82.